The molecule has 4 aromatic heterocycles. The van der Waals surface area contributed by atoms with Crippen molar-refractivity contribution in [2.75, 3.05) is 0 Å². The Kier molecular flexibility index (Phi) is 8.04. The fraction of sp³-hybridized carbons (Fsp3) is 0.333. The average Bonchev–Trinajstić information content (AvgIpc) is 3.40. The van der Waals surface area contributed by atoms with E-state index in [1.165, 1.54) is 0 Å². The summed E-state index contributed by atoms with van der Waals surface area (Å²) >= 11 is 0. The van der Waals surface area contributed by atoms with Crippen molar-refractivity contribution >= 4 is 0 Å². The first-order chi connectivity index (χ1) is 14.1. The molecule has 4 heterocycles. The summed E-state index contributed by atoms with van der Waals surface area (Å²) in [6.45, 7) is 12.8. The van der Waals surface area contributed by atoms with Crippen LogP contribution in [0.4, 0.5) is 0 Å². The van der Waals surface area contributed by atoms with Crippen LogP contribution in [0.15, 0.2) is 67.1 Å². The molecule has 0 amide bonds. The molecule has 0 unspecified atom stereocenters. The number of hydrogen-bond donors (Lipinski definition) is 0. The van der Waals surface area contributed by atoms with Crippen LogP contribution in [-0.2, 0) is 30.9 Å². The molecule has 0 atom stereocenters. The molecule has 1 radical (unpaired) electrons. The van der Waals surface area contributed by atoms with Crippen LogP contribution in [0.1, 0.15) is 52.9 Å². The summed E-state index contributed by atoms with van der Waals surface area (Å²) in [7, 11) is 0. The van der Waals surface area contributed by atoms with Gasteiger partial charge in [-0.25, -0.2) is 9.67 Å². The predicted molar refractivity (Wildman–Crippen MR) is 119 cm³/mol. The maximum absolute atomic E-state index is 4.51. The van der Waals surface area contributed by atoms with Gasteiger partial charge >= 0.3 is 0 Å². The summed E-state index contributed by atoms with van der Waals surface area (Å²) in [5.41, 5.74) is 2.23. The molecule has 6 nitrogen and oxygen atoms in total. The second kappa shape index (κ2) is 10.1. The van der Waals surface area contributed by atoms with Crippen molar-refractivity contribution < 1.29 is 20.1 Å². The second-order valence-corrected chi connectivity index (χ2v) is 9.09. The maximum atomic E-state index is 4.51. The van der Waals surface area contributed by atoms with Gasteiger partial charge in [0, 0.05) is 44.1 Å². The van der Waals surface area contributed by atoms with Gasteiger partial charge < -0.3 is 9.67 Å². The van der Waals surface area contributed by atoms with Crippen LogP contribution < -0.4 is 0 Å². The van der Waals surface area contributed by atoms with Crippen molar-refractivity contribution in [1.82, 2.24) is 29.5 Å². The Hall–Kier alpha value is -2.63. The van der Waals surface area contributed by atoms with E-state index >= 15 is 0 Å². The van der Waals surface area contributed by atoms with Crippen LogP contribution in [0.5, 0.6) is 0 Å². The van der Waals surface area contributed by atoms with Gasteiger partial charge in [-0.2, -0.15) is 5.10 Å². The zero-order valence-electron chi connectivity index (χ0n) is 18.9. The molecule has 0 bridgehead atoms. The summed E-state index contributed by atoms with van der Waals surface area (Å²) in [6.07, 6.45) is 8.54. The fourth-order valence-corrected chi connectivity index (χ4v) is 2.59. The molecular formula is C24H29IrN6-. The first kappa shape index (κ1) is 24.6. The van der Waals surface area contributed by atoms with E-state index in [2.05, 4.69) is 67.9 Å². The van der Waals surface area contributed by atoms with Gasteiger partial charge in [-0.05, 0) is 35.4 Å². The zero-order valence-corrected chi connectivity index (χ0v) is 21.3. The van der Waals surface area contributed by atoms with Crippen LogP contribution in [-0.4, -0.2) is 29.5 Å². The van der Waals surface area contributed by atoms with Gasteiger partial charge in [0.25, 0.3) is 0 Å². The van der Waals surface area contributed by atoms with Gasteiger partial charge in [0.1, 0.15) is 0 Å². The SMILES string of the molecule is CC(C)(C)c1c[c-]n(-c2ccccn2)n1.CC(C)(C)c1ccn(-c2ccccn2)n1.[Ir]. The summed E-state index contributed by atoms with van der Waals surface area (Å²) < 4.78 is 3.49. The van der Waals surface area contributed by atoms with Gasteiger partial charge in [-0.15, -0.1) is 6.07 Å². The van der Waals surface area contributed by atoms with Gasteiger partial charge in [0.05, 0.1) is 11.5 Å². The number of hydrogen-bond acceptors (Lipinski definition) is 4. The quantitative estimate of drug-likeness (QED) is 0.310. The summed E-state index contributed by atoms with van der Waals surface area (Å²) in [5.74, 6) is 1.65. The number of aromatic nitrogens is 6. The molecule has 7 heteroatoms. The molecule has 0 aromatic carbocycles. The minimum absolute atomic E-state index is 0. The van der Waals surface area contributed by atoms with Gasteiger partial charge in [-0.1, -0.05) is 65.9 Å². The van der Waals surface area contributed by atoms with Gasteiger partial charge in [0.15, 0.2) is 5.82 Å². The van der Waals surface area contributed by atoms with Crippen molar-refractivity contribution in [3.63, 3.8) is 0 Å². The van der Waals surface area contributed by atoms with Crippen LogP contribution in [0, 0.1) is 6.20 Å². The molecule has 0 fully saturated rings. The van der Waals surface area contributed by atoms with Crippen molar-refractivity contribution in [3.8, 4) is 11.6 Å². The van der Waals surface area contributed by atoms with E-state index in [1.807, 2.05) is 54.7 Å². The van der Waals surface area contributed by atoms with Crippen LogP contribution >= 0.6 is 0 Å². The Morgan fingerprint density at radius 2 is 1.29 bits per heavy atom. The number of nitrogens with zero attached hydrogens (tertiary/aromatic N) is 6. The molecule has 4 rings (SSSR count). The number of pyridine rings is 2. The summed E-state index contributed by atoms with van der Waals surface area (Å²) in [4.78, 5) is 8.46. The van der Waals surface area contributed by atoms with Crippen LogP contribution in [0.25, 0.3) is 11.6 Å². The third-order valence-electron chi connectivity index (χ3n) is 4.41. The normalized spacial score (nSPS) is 11.3. The van der Waals surface area contributed by atoms with Crippen molar-refractivity contribution in [1.29, 1.82) is 0 Å². The molecule has 0 spiro atoms. The molecule has 0 aliphatic heterocycles. The minimum Gasteiger partial charge on any atom is -0.343 e. The average molecular weight is 594 g/mol. The smallest absolute Gasteiger partial charge is 0.153 e. The largest absolute Gasteiger partial charge is 0.343 e. The molecule has 0 aliphatic carbocycles. The minimum atomic E-state index is 0. The Labute approximate surface area is 198 Å². The van der Waals surface area contributed by atoms with Crippen molar-refractivity contribution in [2.24, 2.45) is 0 Å². The Balaban J connectivity index is 0.000000213. The monoisotopic (exact) mass is 594 g/mol. The van der Waals surface area contributed by atoms with Gasteiger partial charge in [0.2, 0.25) is 0 Å². The van der Waals surface area contributed by atoms with Crippen LogP contribution in [0.3, 0.4) is 0 Å². The topological polar surface area (TPSA) is 61.4 Å². The second-order valence-electron chi connectivity index (χ2n) is 9.09. The van der Waals surface area contributed by atoms with Crippen LogP contribution in [0.2, 0.25) is 0 Å². The van der Waals surface area contributed by atoms with Gasteiger partial charge in [-0.3, -0.25) is 5.10 Å². The van der Waals surface area contributed by atoms with E-state index < -0.39 is 0 Å². The van der Waals surface area contributed by atoms with E-state index in [9.17, 15) is 0 Å². The van der Waals surface area contributed by atoms with E-state index in [4.69, 9.17) is 0 Å². The Morgan fingerprint density at radius 3 is 1.74 bits per heavy atom. The zero-order chi connectivity index (χ0) is 21.8. The van der Waals surface area contributed by atoms with E-state index in [0.29, 0.717) is 0 Å². The molecular weight excluding hydrogens is 565 g/mol. The standard InChI is InChI=1S/C12H15N3.C12H14N3.Ir/c2*1-12(2,3)10-7-9-15(14-10)11-6-4-5-8-13-11;/h4-9H,1-3H3;4-8H,1-3H3;/q;-1;. The number of rotatable bonds is 2. The van der Waals surface area contributed by atoms with E-state index in [-0.39, 0.29) is 30.9 Å². The van der Waals surface area contributed by atoms with Crippen molar-refractivity contribution in [2.45, 2.75) is 52.4 Å². The Morgan fingerprint density at radius 1 is 0.710 bits per heavy atom. The Bertz CT molecular complexity index is 969. The van der Waals surface area contributed by atoms with E-state index in [0.717, 1.165) is 23.0 Å². The first-order valence-electron chi connectivity index (χ1n) is 10.0. The summed E-state index contributed by atoms with van der Waals surface area (Å²) in [6, 6.07) is 15.5. The molecule has 0 N–H and O–H groups in total. The van der Waals surface area contributed by atoms with E-state index in [1.54, 1.807) is 21.8 Å². The first-order valence-corrected chi connectivity index (χ1v) is 10.0. The van der Waals surface area contributed by atoms with Crippen molar-refractivity contribution in [3.05, 3.63) is 84.7 Å². The molecule has 31 heavy (non-hydrogen) atoms. The molecule has 0 saturated heterocycles. The molecule has 0 saturated carbocycles. The third kappa shape index (κ3) is 6.68. The summed E-state index contributed by atoms with van der Waals surface area (Å²) in [5, 5.41) is 8.96. The maximum Gasteiger partial charge on any atom is 0.153 e. The predicted octanol–water partition coefficient (Wildman–Crippen LogP) is 4.93. The molecule has 165 valence electrons. The molecule has 4 aromatic rings. The molecule has 0 aliphatic rings. The third-order valence-corrected chi connectivity index (χ3v) is 4.41. The fourth-order valence-electron chi connectivity index (χ4n) is 2.59.